The topological polar surface area (TPSA) is 114 Å². The van der Waals surface area contributed by atoms with Crippen LogP contribution in [0.1, 0.15) is 10.4 Å². The van der Waals surface area contributed by atoms with E-state index in [1.54, 1.807) is 16.7 Å². The Balaban J connectivity index is 2.25. The highest BCUT2D eigenvalue weighted by Gasteiger charge is 2.25. The van der Waals surface area contributed by atoms with Crippen molar-refractivity contribution in [2.45, 2.75) is 6.54 Å². The Morgan fingerprint density at radius 1 is 1.06 bits per heavy atom. The van der Waals surface area contributed by atoms with Crippen molar-refractivity contribution in [2.24, 2.45) is 4.99 Å². The Kier molecular flexibility index (Phi) is 6.65. The summed E-state index contributed by atoms with van der Waals surface area (Å²) < 4.78 is 23.3. The quantitative estimate of drug-likeness (QED) is 0.304. The van der Waals surface area contributed by atoms with Crippen molar-refractivity contribution in [3.63, 3.8) is 0 Å². The van der Waals surface area contributed by atoms with Crippen LogP contribution in [-0.2, 0) is 6.54 Å². The number of nitro benzene ring substituents is 1. The number of benzene rings is 2. The third-order valence-electron chi connectivity index (χ3n) is 4.56. The first-order chi connectivity index (χ1) is 15.4. The van der Waals surface area contributed by atoms with E-state index in [9.17, 15) is 14.9 Å². The van der Waals surface area contributed by atoms with Crippen molar-refractivity contribution >= 4 is 33.1 Å². The lowest BCUT2D eigenvalue weighted by molar-refractivity contribution is -0.385. The van der Waals surface area contributed by atoms with Gasteiger partial charge in [0.25, 0.3) is 11.6 Å². The van der Waals surface area contributed by atoms with Crippen LogP contribution in [0, 0.1) is 22.5 Å². The van der Waals surface area contributed by atoms with E-state index in [1.165, 1.54) is 45.8 Å². The summed E-state index contributed by atoms with van der Waals surface area (Å²) in [5, 5.41) is 11.6. The molecule has 11 heteroatoms. The highest BCUT2D eigenvalue weighted by atomic mass is 32.1. The van der Waals surface area contributed by atoms with E-state index in [0.717, 1.165) is 10.8 Å². The summed E-state index contributed by atoms with van der Waals surface area (Å²) in [4.78, 5) is 28.3. The number of hydrogen-bond acceptors (Lipinski definition) is 8. The normalized spacial score (nSPS) is 11.2. The lowest BCUT2D eigenvalue weighted by Gasteiger charge is -2.09. The van der Waals surface area contributed by atoms with Crippen LogP contribution in [-0.4, -0.2) is 43.8 Å². The van der Waals surface area contributed by atoms with E-state index >= 15 is 0 Å². The third kappa shape index (κ3) is 4.08. The molecule has 10 nitrogen and oxygen atoms in total. The van der Waals surface area contributed by atoms with Gasteiger partial charge in [0.1, 0.15) is 5.56 Å². The zero-order valence-corrected chi connectivity index (χ0v) is 18.5. The molecule has 2 aromatic carbocycles. The van der Waals surface area contributed by atoms with Gasteiger partial charge in [-0.15, -0.1) is 6.42 Å². The van der Waals surface area contributed by atoms with Crippen molar-refractivity contribution < 1.29 is 28.7 Å². The molecule has 0 atom stereocenters. The highest BCUT2D eigenvalue weighted by Crippen LogP contribution is 2.35. The van der Waals surface area contributed by atoms with E-state index in [0.29, 0.717) is 17.0 Å². The summed E-state index contributed by atoms with van der Waals surface area (Å²) in [7, 11) is 5.73. The fourth-order valence-corrected chi connectivity index (χ4v) is 4.10. The molecule has 0 aliphatic heterocycles. The number of methoxy groups -OCH3 is 4. The van der Waals surface area contributed by atoms with Gasteiger partial charge in [-0.2, -0.15) is 4.99 Å². The Labute approximate surface area is 186 Å². The number of ether oxygens (including phenoxy) is 4. The Bertz CT molecular complexity index is 1320. The first-order valence-electron chi connectivity index (χ1n) is 9.06. The number of carbonyl (C=O) groups is 1. The Morgan fingerprint density at radius 2 is 1.62 bits per heavy atom. The number of amides is 1. The zero-order valence-electron chi connectivity index (χ0n) is 17.7. The minimum absolute atomic E-state index is 0.121. The van der Waals surface area contributed by atoms with Gasteiger partial charge in [0.2, 0.25) is 0 Å². The molecule has 1 amide bonds. The number of nitrogens with zero attached hydrogens (tertiary/aromatic N) is 3. The van der Waals surface area contributed by atoms with Gasteiger partial charge in [0.05, 0.1) is 56.2 Å². The summed E-state index contributed by atoms with van der Waals surface area (Å²) >= 11 is 1.19. The molecule has 0 saturated carbocycles. The van der Waals surface area contributed by atoms with E-state index in [4.69, 9.17) is 25.4 Å². The van der Waals surface area contributed by atoms with Gasteiger partial charge in [-0.25, -0.2) is 0 Å². The molecule has 0 aliphatic rings. The minimum Gasteiger partial charge on any atom is -0.493 e. The number of rotatable bonds is 7. The third-order valence-corrected chi connectivity index (χ3v) is 5.60. The molecular formula is C21H19N3O7S. The summed E-state index contributed by atoms with van der Waals surface area (Å²) in [6, 6.07) is 5.82. The van der Waals surface area contributed by atoms with Crippen LogP contribution in [0.15, 0.2) is 29.3 Å². The van der Waals surface area contributed by atoms with Crippen LogP contribution >= 0.6 is 11.3 Å². The van der Waals surface area contributed by atoms with Crippen LogP contribution in [0.3, 0.4) is 0 Å². The number of nitro groups is 1. The van der Waals surface area contributed by atoms with Crippen molar-refractivity contribution in [1.82, 2.24) is 4.57 Å². The largest absolute Gasteiger partial charge is 0.493 e. The second-order valence-corrected chi connectivity index (χ2v) is 7.26. The van der Waals surface area contributed by atoms with E-state index < -0.39 is 16.5 Å². The van der Waals surface area contributed by atoms with Crippen LogP contribution in [0.2, 0.25) is 0 Å². The van der Waals surface area contributed by atoms with Crippen molar-refractivity contribution in [1.29, 1.82) is 0 Å². The number of terminal acetylenes is 1. The first-order valence-corrected chi connectivity index (χ1v) is 9.88. The minimum atomic E-state index is -0.825. The average Bonchev–Trinajstić information content (AvgIpc) is 3.12. The summed E-state index contributed by atoms with van der Waals surface area (Å²) in [5.74, 6) is 2.98. The SMILES string of the molecule is C#CCn1c(=NC(=O)c2cc(OC)c(OC)cc2[N+](=O)[O-])sc2cc(OC)c(OC)cc21. The number of aromatic nitrogens is 1. The van der Waals surface area contributed by atoms with Crippen molar-refractivity contribution in [3.05, 3.63) is 44.7 Å². The monoisotopic (exact) mass is 457 g/mol. The molecular weight excluding hydrogens is 438 g/mol. The second-order valence-electron chi connectivity index (χ2n) is 6.25. The molecule has 32 heavy (non-hydrogen) atoms. The fourth-order valence-electron chi connectivity index (χ4n) is 3.06. The molecule has 0 unspecified atom stereocenters. The molecule has 166 valence electrons. The standard InChI is InChI=1S/C21H19N3O7S/c1-6-7-23-14-10-17(30-4)18(31-5)11-19(14)32-21(23)22-20(25)12-8-15(28-2)16(29-3)9-13(12)24(26)27/h1,8-11H,7H2,2-5H3. The van der Waals surface area contributed by atoms with Crippen molar-refractivity contribution in [2.75, 3.05) is 28.4 Å². The van der Waals surface area contributed by atoms with E-state index in [-0.39, 0.29) is 28.4 Å². The van der Waals surface area contributed by atoms with Gasteiger partial charge in [-0.1, -0.05) is 17.3 Å². The molecule has 0 bridgehead atoms. The lowest BCUT2D eigenvalue weighted by Crippen LogP contribution is -2.17. The van der Waals surface area contributed by atoms with Gasteiger partial charge in [0, 0.05) is 18.2 Å². The number of thiazole rings is 1. The number of hydrogen-bond donors (Lipinski definition) is 0. The fraction of sp³-hybridized carbons (Fsp3) is 0.238. The van der Waals surface area contributed by atoms with Crippen LogP contribution in [0.5, 0.6) is 23.0 Å². The number of carbonyl (C=O) groups excluding carboxylic acids is 1. The molecule has 3 rings (SSSR count). The predicted molar refractivity (Wildman–Crippen MR) is 118 cm³/mol. The van der Waals surface area contributed by atoms with Gasteiger partial charge in [-0.3, -0.25) is 14.9 Å². The Hall–Kier alpha value is -4.04. The maximum Gasteiger partial charge on any atom is 0.286 e. The Morgan fingerprint density at radius 3 is 2.19 bits per heavy atom. The summed E-state index contributed by atoms with van der Waals surface area (Å²) in [6.45, 7) is 0.121. The lowest BCUT2D eigenvalue weighted by atomic mass is 10.1. The molecule has 0 fully saturated rings. The van der Waals surface area contributed by atoms with E-state index in [1.807, 2.05) is 0 Å². The molecule has 3 aromatic rings. The number of fused-ring (bicyclic) bond motifs is 1. The van der Waals surface area contributed by atoms with Crippen molar-refractivity contribution in [3.8, 4) is 35.3 Å². The van der Waals surface area contributed by atoms with Gasteiger partial charge in [0.15, 0.2) is 27.8 Å². The molecule has 0 radical (unpaired) electrons. The first kappa shape index (κ1) is 22.6. The zero-order chi connectivity index (χ0) is 23.4. The van der Waals surface area contributed by atoms with Gasteiger partial charge < -0.3 is 23.5 Å². The molecule has 1 aromatic heterocycles. The molecule has 0 aliphatic carbocycles. The van der Waals surface area contributed by atoms with Crippen LogP contribution < -0.4 is 23.7 Å². The van der Waals surface area contributed by atoms with Crippen LogP contribution in [0.4, 0.5) is 5.69 Å². The van der Waals surface area contributed by atoms with Gasteiger partial charge >= 0.3 is 0 Å². The predicted octanol–water partition coefficient (Wildman–Crippen LogP) is 3.02. The highest BCUT2D eigenvalue weighted by molar-refractivity contribution is 7.16. The maximum absolute atomic E-state index is 13.0. The summed E-state index contributed by atoms with van der Waals surface area (Å²) in [6.07, 6.45) is 5.51. The van der Waals surface area contributed by atoms with Crippen LogP contribution in [0.25, 0.3) is 10.2 Å². The molecule has 0 saturated heterocycles. The molecule has 1 heterocycles. The van der Waals surface area contributed by atoms with Gasteiger partial charge in [-0.05, 0) is 0 Å². The second kappa shape index (κ2) is 9.40. The summed E-state index contributed by atoms with van der Waals surface area (Å²) in [5.41, 5.74) is -0.0177. The smallest absolute Gasteiger partial charge is 0.286 e. The average molecular weight is 457 g/mol. The van der Waals surface area contributed by atoms with E-state index in [2.05, 4.69) is 10.9 Å². The maximum atomic E-state index is 13.0. The molecule has 0 spiro atoms. The molecule has 0 N–H and O–H groups in total.